The SMILES string of the molecule is CC(C)(C)[CH-]C(C)(C)C.[Re]. The molecule has 0 amide bonds. The minimum atomic E-state index is 0. The fraction of sp³-hybridized carbons (Fsp3) is 0.889. The van der Waals surface area contributed by atoms with Crippen molar-refractivity contribution in [2.75, 3.05) is 0 Å². The Morgan fingerprint density at radius 1 is 0.700 bits per heavy atom. The van der Waals surface area contributed by atoms with Crippen LogP contribution >= 0.6 is 0 Å². The van der Waals surface area contributed by atoms with Crippen molar-refractivity contribution in [1.82, 2.24) is 0 Å². The van der Waals surface area contributed by atoms with E-state index in [1.807, 2.05) is 0 Å². The van der Waals surface area contributed by atoms with Gasteiger partial charge in [0.2, 0.25) is 0 Å². The van der Waals surface area contributed by atoms with Crippen molar-refractivity contribution in [2.24, 2.45) is 10.8 Å². The quantitative estimate of drug-likeness (QED) is 0.602. The summed E-state index contributed by atoms with van der Waals surface area (Å²) in [4.78, 5) is 0. The van der Waals surface area contributed by atoms with Gasteiger partial charge in [0.15, 0.2) is 0 Å². The van der Waals surface area contributed by atoms with E-state index in [-0.39, 0.29) is 20.4 Å². The van der Waals surface area contributed by atoms with Gasteiger partial charge in [0.25, 0.3) is 0 Å². The van der Waals surface area contributed by atoms with Crippen LogP contribution in [0.4, 0.5) is 0 Å². The molecule has 0 rings (SSSR count). The third-order valence-corrected chi connectivity index (χ3v) is 0.866. The van der Waals surface area contributed by atoms with E-state index in [1.54, 1.807) is 0 Å². The Hall–Kier alpha value is 0.662. The van der Waals surface area contributed by atoms with E-state index in [0.717, 1.165) is 0 Å². The van der Waals surface area contributed by atoms with Crippen molar-refractivity contribution in [1.29, 1.82) is 0 Å². The minimum absolute atomic E-state index is 0. The van der Waals surface area contributed by atoms with Gasteiger partial charge in [0.1, 0.15) is 0 Å². The normalized spacial score (nSPS) is 12.6. The fourth-order valence-corrected chi connectivity index (χ4v) is 1.30. The summed E-state index contributed by atoms with van der Waals surface area (Å²) in [7, 11) is 0. The molecule has 0 unspecified atom stereocenters. The van der Waals surface area contributed by atoms with Gasteiger partial charge in [0, 0.05) is 20.4 Å². The van der Waals surface area contributed by atoms with E-state index in [9.17, 15) is 0 Å². The van der Waals surface area contributed by atoms with Gasteiger partial charge < -0.3 is 6.42 Å². The Balaban J connectivity index is 0. The Kier molecular flexibility index (Phi) is 5.15. The average molecular weight is 313 g/mol. The first-order valence-corrected chi connectivity index (χ1v) is 3.58. The van der Waals surface area contributed by atoms with Crippen molar-refractivity contribution in [2.45, 2.75) is 41.5 Å². The number of hydrogen-bond donors (Lipinski definition) is 0. The van der Waals surface area contributed by atoms with Crippen molar-refractivity contribution in [3.63, 3.8) is 0 Å². The van der Waals surface area contributed by atoms with E-state index < -0.39 is 0 Å². The van der Waals surface area contributed by atoms with E-state index in [4.69, 9.17) is 0 Å². The molecule has 0 aromatic rings. The van der Waals surface area contributed by atoms with Crippen LogP contribution in [0, 0.1) is 17.3 Å². The second-order valence-electron chi connectivity index (χ2n) is 4.88. The molecule has 10 heavy (non-hydrogen) atoms. The molecule has 1 radical (unpaired) electrons. The molecule has 1 heteroatoms. The predicted octanol–water partition coefficient (Wildman–Crippen LogP) is 3.28. The van der Waals surface area contributed by atoms with E-state index in [1.165, 1.54) is 0 Å². The maximum atomic E-state index is 2.38. The van der Waals surface area contributed by atoms with Crippen LogP contribution in [0.2, 0.25) is 0 Å². The van der Waals surface area contributed by atoms with Gasteiger partial charge in [-0.05, 0) is 0 Å². The molecule has 0 heterocycles. The zero-order valence-electron chi connectivity index (χ0n) is 7.96. The smallest absolute Gasteiger partial charge is 0 e. The largest absolute Gasteiger partial charge is 0.318 e. The first-order chi connectivity index (χ1) is 3.71. The van der Waals surface area contributed by atoms with E-state index in [2.05, 4.69) is 48.0 Å². The Bertz CT molecular complexity index is 69.9. The fourth-order valence-electron chi connectivity index (χ4n) is 1.30. The van der Waals surface area contributed by atoms with Crippen LogP contribution < -0.4 is 0 Å². The van der Waals surface area contributed by atoms with Crippen LogP contribution in [0.5, 0.6) is 0 Å². The molecule has 0 saturated carbocycles. The average Bonchev–Trinajstić information content (AvgIpc) is 1.14. The van der Waals surface area contributed by atoms with Gasteiger partial charge in [-0.15, -0.1) is 0 Å². The molecule has 0 bridgehead atoms. The molecule has 0 N–H and O–H groups in total. The van der Waals surface area contributed by atoms with Crippen LogP contribution in [0.15, 0.2) is 0 Å². The van der Waals surface area contributed by atoms with Gasteiger partial charge in [-0.1, -0.05) is 41.5 Å². The van der Waals surface area contributed by atoms with Gasteiger partial charge in [-0.2, -0.15) is 10.8 Å². The molecular weight excluding hydrogens is 294 g/mol. The summed E-state index contributed by atoms with van der Waals surface area (Å²) >= 11 is 0. The first-order valence-electron chi connectivity index (χ1n) is 3.58. The topological polar surface area (TPSA) is 0 Å². The minimum Gasteiger partial charge on any atom is -0.318 e. The maximum Gasteiger partial charge on any atom is 0 e. The summed E-state index contributed by atoms with van der Waals surface area (Å²) < 4.78 is 0. The van der Waals surface area contributed by atoms with Gasteiger partial charge in [0.05, 0.1) is 0 Å². The monoisotopic (exact) mass is 314 g/mol. The summed E-state index contributed by atoms with van der Waals surface area (Å²) in [6.07, 6.45) is 2.38. The Morgan fingerprint density at radius 2 is 0.900 bits per heavy atom. The second-order valence-corrected chi connectivity index (χ2v) is 4.88. The Labute approximate surface area is 79.4 Å². The van der Waals surface area contributed by atoms with E-state index >= 15 is 0 Å². The van der Waals surface area contributed by atoms with Crippen molar-refractivity contribution in [3.05, 3.63) is 6.42 Å². The zero-order valence-corrected chi connectivity index (χ0v) is 10.7. The van der Waals surface area contributed by atoms with Crippen LogP contribution in [0.3, 0.4) is 0 Å². The number of hydrogen-bond acceptors (Lipinski definition) is 0. The summed E-state index contributed by atoms with van der Waals surface area (Å²) in [6.45, 7) is 13.4. The van der Waals surface area contributed by atoms with E-state index in [0.29, 0.717) is 10.8 Å². The number of rotatable bonds is 0. The van der Waals surface area contributed by atoms with Crippen LogP contribution in [-0.4, -0.2) is 0 Å². The van der Waals surface area contributed by atoms with Gasteiger partial charge >= 0.3 is 0 Å². The molecule has 0 spiro atoms. The Morgan fingerprint density at radius 3 is 0.900 bits per heavy atom. The first kappa shape index (κ1) is 13.3. The molecule has 0 aromatic carbocycles. The second kappa shape index (κ2) is 3.88. The predicted molar refractivity (Wildman–Crippen MR) is 43.2 cm³/mol. The molecule has 0 saturated heterocycles. The molecule has 63 valence electrons. The third kappa shape index (κ3) is 11.5. The standard InChI is InChI=1S/C9H19.Re/c1-8(2,3)7-9(4,5)6;/h7H,1-6H3;/q-1;. The summed E-state index contributed by atoms with van der Waals surface area (Å²) in [5.41, 5.74) is 0.719. The summed E-state index contributed by atoms with van der Waals surface area (Å²) in [6, 6.07) is 0. The molecule has 0 nitrogen and oxygen atoms in total. The van der Waals surface area contributed by atoms with Gasteiger partial charge in [-0.3, -0.25) is 0 Å². The zero-order chi connectivity index (χ0) is 7.71. The molecule has 0 aliphatic carbocycles. The van der Waals surface area contributed by atoms with Crippen LogP contribution in [-0.2, 0) is 20.4 Å². The maximum absolute atomic E-state index is 2.38. The van der Waals surface area contributed by atoms with Crippen LogP contribution in [0.25, 0.3) is 0 Å². The van der Waals surface area contributed by atoms with Gasteiger partial charge in [-0.25, -0.2) is 0 Å². The van der Waals surface area contributed by atoms with Crippen molar-refractivity contribution >= 4 is 0 Å². The van der Waals surface area contributed by atoms with Crippen molar-refractivity contribution in [3.8, 4) is 0 Å². The van der Waals surface area contributed by atoms with Crippen molar-refractivity contribution < 1.29 is 20.4 Å². The molecule has 0 fully saturated rings. The molecule has 0 aliphatic rings. The van der Waals surface area contributed by atoms with Crippen LogP contribution in [0.1, 0.15) is 41.5 Å². The molecule has 0 aliphatic heterocycles. The summed E-state index contributed by atoms with van der Waals surface area (Å²) in [5.74, 6) is 0. The molecule has 0 atom stereocenters. The molecular formula is C9H19Re-. The third-order valence-electron chi connectivity index (χ3n) is 0.866. The molecule has 0 aromatic heterocycles. The summed E-state index contributed by atoms with van der Waals surface area (Å²) in [5, 5.41) is 0.